The van der Waals surface area contributed by atoms with Crippen LogP contribution in [0.3, 0.4) is 0 Å². The second-order valence-electron chi connectivity index (χ2n) is 7.03. The van der Waals surface area contributed by atoms with Gasteiger partial charge in [-0.2, -0.15) is 4.98 Å². The molecule has 0 radical (unpaired) electrons. The van der Waals surface area contributed by atoms with Gasteiger partial charge in [0.1, 0.15) is 0 Å². The third-order valence-electron chi connectivity index (χ3n) is 2.71. The highest BCUT2D eigenvalue weighted by molar-refractivity contribution is 4.99. The fraction of sp³-hybridized carbons (Fsp3) is 0.857. The van der Waals surface area contributed by atoms with Gasteiger partial charge >= 0.3 is 0 Å². The van der Waals surface area contributed by atoms with Crippen molar-refractivity contribution < 1.29 is 4.52 Å². The van der Waals surface area contributed by atoms with E-state index in [9.17, 15) is 0 Å². The van der Waals surface area contributed by atoms with Gasteiger partial charge in [0.05, 0.1) is 0 Å². The topological polar surface area (TPSA) is 38.9 Å². The summed E-state index contributed by atoms with van der Waals surface area (Å²) in [6, 6.07) is 0. The summed E-state index contributed by atoms with van der Waals surface area (Å²) in [6.45, 7) is 13.1. The Morgan fingerprint density at radius 2 is 1.65 bits per heavy atom. The summed E-state index contributed by atoms with van der Waals surface area (Å²) < 4.78 is 5.26. The molecule has 3 heteroatoms. The average molecular weight is 238 g/mol. The molecule has 0 unspecified atom stereocenters. The van der Waals surface area contributed by atoms with Crippen LogP contribution in [0.5, 0.6) is 0 Å². The molecule has 0 atom stereocenters. The molecule has 1 rings (SSSR count). The summed E-state index contributed by atoms with van der Waals surface area (Å²) >= 11 is 0. The molecule has 1 heterocycles. The molecular weight excluding hydrogens is 212 g/mol. The first-order valence-electron chi connectivity index (χ1n) is 6.51. The molecule has 0 amide bonds. The number of aryl methyl sites for hydroxylation is 1. The molecule has 1 aromatic rings. The van der Waals surface area contributed by atoms with E-state index < -0.39 is 0 Å². The normalized spacial score (nSPS) is 13.1. The van der Waals surface area contributed by atoms with Crippen molar-refractivity contribution in [1.29, 1.82) is 0 Å². The van der Waals surface area contributed by atoms with Crippen molar-refractivity contribution in [2.45, 2.75) is 72.6 Å². The summed E-state index contributed by atoms with van der Waals surface area (Å²) in [4.78, 5) is 4.44. The van der Waals surface area contributed by atoms with Crippen LogP contribution in [0.15, 0.2) is 4.52 Å². The lowest BCUT2D eigenvalue weighted by molar-refractivity contribution is 0.340. The smallest absolute Gasteiger partial charge is 0.226 e. The van der Waals surface area contributed by atoms with E-state index in [1.807, 2.05) is 0 Å². The first-order chi connectivity index (χ1) is 7.68. The van der Waals surface area contributed by atoms with Gasteiger partial charge in [-0.15, -0.1) is 0 Å². The van der Waals surface area contributed by atoms with Gasteiger partial charge in [0.25, 0.3) is 0 Å². The zero-order valence-electron chi connectivity index (χ0n) is 12.1. The highest BCUT2D eigenvalue weighted by atomic mass is 16.5. The first-order valence-corrected chi connectivity index (χ1v) is 6.51. The van der Waals surface area contributed by atoms with E-state index in [0.717, 1.165) is 24.6 Å². The maximum atomic E-state index is 5.26. The molecule has 0 bridgehead atoms. The van der Waals surface area contributed by atoms with Gasteiger partial charge in [-0.05, 0) is 18.3 Å². The van der Waals surface area contributed by atoms with Crippen LogP contribution in [-0.2, 0) is 11.8 Å². The number of aromatic nitrogens is 2. The second-order valence-corrected chi connectivity index (χ2v) is 7.03. The molecule has 0 N–H and O–H groups in total. The van der Waals surface area contributed by atoms with E-state index in [2.05, 4.69) is 51.7 Å². The van der Waals surface area contributed by atoms with E-state index in [0.29, 0.717) is 5.41 Å². The van der Waals surface area contributed by atoms with Crippen molar-refractivity contribution in [3.8, 4) is 0 Å². The Bertz CT molecular complexity index is 342. The Morgan fingerprint density at radius 3 is 2.12 bits per heavy atom. The Hall–Kier alpha value is -0.860. The number of unbranched alkanes of at least 4 members (excludes halogenated alkanes) is 1. The Morgan fingerprint density at radius 1 is 1.00 bits per heavy atom. The lowest BCUT2D eigenvalue weighted by atomic mass is 9.89. The monoisotopic (exact) mass is 238 g/mol. The predicted molar refractivity (Wildman–Crippen MR) is 70.0 cm³/mol. The van der Waals surface area contributed by atoms with Crippen molar-refractivity contribution in [1.82, 2.24) is 10.1 Å². The summed E-state index contributed by atoms with van der Waals surface area (Å²) in [5.41, 5.74) is 0.401. The van der Waals surface area contributed by atoms with Crippen molar-refractivity contribution >= 4 is 0 Å². The Kier molecular flexibility index (Phi) is 4.34. The molecule has 3 nitrogen and oxygen atoms in total. The van der Waals surface area contributed by atoms with Crippen LogP contribution in [0.2, 0.25) is 0 Å². The van der Waals surface area contributed by atoms with E-state index in [1.165, 1.54) is 12.8 Å². The van der Waals surface area contributed by atoms with Gasteiger partial charge in [0.15, 0.2) is 5.82 Å². The number of hydrogen-bond donors (Lipinski definition) is 0. The lowest BCUT2D eigenvalue weighted by Gasteiger charge is -2.16. The van der Waals surface area contributed by atoms with Gasteiger partial charge in [0, 0.05) is 11.8 Å². The zero-order valence-corrected chi connectivity index (χ0v) is 12.1. The van der Waals surface area contributed by atoms with Gasteiger partial charge in [0.2, 0.25) is 5.89 Å². The lowest BCUT2D eigenvalue weighted by Crippen LogP contribution is -2.13. The van der Waals surface area contributed by atoms with Crippen LogP contribution in [0, 0.1) is 5.41 Å². The Labute approximate surface area is 105 Å². The molecule has 17 heavy (non-hydrogen) atoms. The maximum Gasteiger partial charge on any atom is 0.226 e. The van der Waals surface area contributed by atoms with Crippen LogP contribution < -0.4 is 0 Å². The number of nitrogens with zero attached hydrogens (tertiary/aromatic N) is 2. The van der Waals surface area contributed by atoms with E-state index in [4.69, 9.17) is 4.52 Å². The fourth-order valence-corrected chi connectivity index (χ4v) is 1.59. The molecule has 98 valence electrons. The minimum atomic E-state index is -0.0207. The van der Waals surface area contributed by atoms with Crippen molar-refractivity contribution in [3.05, 3.63) is 11.7 Å². The maximum absolute atomic E-state index is 5.26. The molecular formula is C14H26N2O. The van der Waals surface area contributed by atoms with Crippen molar-refractivity contribution in [2.75, 3.05) is 0 Å². The van der Waals surface area contributed by atoms with Crippen LogP contribution >= 0.6 is 0 Å². The van der Waals surface area contributed by atoms with Crippen LogP contribution in [0.25, 0.3) is 0 Å². The largest absolute Gasteiger partial charge is 0.339 e. The standard InChI is InChI=1S/C14H26N2O/c1-13(2,3)10-8-7-9-11-15-12(16-17-11)14(4,5)6/h7-10H2,1-6H3. The molecule has 0 saturated carbocycles. The Balaban J connectivity index is 2.36. The van der Waals surface area contributed by atoms with E-state index in [-0.39, 0.29) is 5.41 Å². The van der Waals surface area contributed by atoms with Gasteiger partial charge in [-0.3, -0.25) is 0 Å². The van der Waals surface area contributed by atoms with Crippen LogP contribution in [0.4, 0.5) is 0 Å². The second kappa shape index (κ2) is 5.19. The summed E-state index contributed by atoms with van der Waals surface area (Å²) in [5.74, 6) is 1.59. The minimum absolute atomic E-state index is 0.0207. The van der Waals surface area contributed by atoms with Crippen LogP contribution in [0.1, 0.15) is 72.5 Å². The quantitative estimate of drug-likeness (QED) is 0.740. The average Bonchev–Trinajstić information content (AvgIpc) is 2.58. The highest BCUT2D eigenvalue weighted by Crippen LogP contribution is 2.23. The van der Waals surface area contributed by atoms with Crippen molar-refractivity contribution in [3.63, 3.8) is 0 Å². The zero-order chi connectivity index (χ0) is 13.1. The minimum Gasteiger partial charge on any atom is -0.339 e. The molecule has 0 saturated heterocycles. The van der Waals surface area contributed by atoms with Crippen molar-refractivity contribution in [2.24, 2.45) is 5.41 Å². The molecule has 0 spiro atoms. The van der Waals surface area contributed by atoms with Crippen LogP contribution in [-0.4, -0.2) is 10.1 Å². The summed E-state index contributed by atoms with van der Waals surface area (Å²) in [7, 11) is 0. The molecule has 0 fully saturated rings. The van der Waals surface area contributed by atoms with Gasteiger partial charge < -0.3 is 4.52 Å². The SMILES string of the molecule is CC(C)(C)CCCCc1nc(C(C)(C)C)no1. The van der Waals surface area contributed by atoms with Gasteiger partial charge in [-0.25, -0.2) is 0 Å². The molecule has 0 aliphatic rings. The first kappa shape index (κ1) is 14.2. The number of hydrogen-bond acceptors (Lipinski definition) is 3. The number of rotatable bonds is 4. The summed E-state index contributed by atoms with van der Waals surface area (Å²) in [5, 5.41) is 4.03. The molecule has 0 aromatic carbocycles. The fourth-order valence-electron chi connectivity index (χ4n) is 1.59. The van der Waals surface area contributed by atoms with E-state index >= 15 is 0 Å². The predicted octanol–water partition coefficient (Wildman–Crippen LogP) is 4.13. The third kappa shape index (κ3) is 5.33. The summed E-state index contributed by atoms with van der Waals surface area (Å²) in [6.07, 6.45) is 4.49. The molecule has 1 aromatic heterocycles. The van der Waals surface area contributed by atoms with Gasteiger partial charge in [-0.1, -0.05) is 53.1 Å². The van der Waals surface area contributed by atoms with E-state index in [1.54, 1.807) is 0 Å². The molecule has 0 aliphatic heterocycles. The molecule has 0 aliphatic carbocycles. The highest BCUT2D eigenvalue weighted by Gasteiger charge is 2.20. The third-order valence-corrected chi connectivity index (χ3v) is 2.71.